The normalized spacial score (nSPS) is 11.8. The first-order chi connectivity index (χ1) is 28.8. The van der Waals surface area contributed by atoms with Gasteiger partial charge in [0, 0.05) is 0 Å². The second-order valence-electron chi connectivity index (χ2n) is 15.4. The van der Waals surface area contributed by atoms with Gasteiger partial charge in [-0.1, -0.05) is 218 Å². The highest BCUT2D eigenvalue weighted by atomic mass is 14.2. The SMILES string of the molecule is c1ccc2c(-c3c4ccccc4c(-c4cccc5c(-c6c7ccccc7c(-c7cccc8ccccc78)c7ccccc67)cccc45)c4ccccc34)cccc2c1. The van der Waals surface area contributed by atoms with Crippen molar-refractivity contribution in [2.75, 3.05) is 0 Å². The van der Waals surface area contributed by atoms with Crippen molar-refractivity contribution in [1.29, 1.82) is 0 Å². The van der Waals surface area contributed by atoms with E-state index < -0.39 is 0 Å². The van der Waals surface area contributed by atoms with Crippen molar-refractivity contribution in [2.45, 2.75) is 0 Å². The summed E-state index contributed by atoms with van der Waals surface area (Å²) in [6.45, 7) is 0. The highest BCUT2D eigenvalue weighted by Gasteiger charge is 2.22. The monoisotopic (exact) mass is 732 g/mol. The van der Waals surface area contributed by atoms with Crippen molar-refractivity contribution in [2.24, 2.45) is 0 Å². The van der Waals surface area contributed by atoms with E-state index in [0.717, 1.165) is 0 Å². The van der Waals surface area contributed by atoms with Crippen LogP contribution in [0.5, 0.6) is 0 Å². The summed E-state index contributed by atoms with van der Waals surface area (Å²) in [4.78, 5) is 0. The minimum atomic E-state index is 1.25. The average molecular weight is 733 g/mol. The molecule has 12 aromatic rings. The molecule has 0 aliphatic heterocycles. The molecule has 0 N–H and O–H groups in total. The lowest BCUT2D eigenvalue weighted by Crippen LogP contribution is -1.94. The molecule has 0 nitrogen and oxygen atoms in total. The predicted octanol–water partition coefficient (Wildman–Crippen LogP) is 16.4. The van der Waals surface area contributed by atoms with Gasteiger partial charge in [-0.3, -0.25) is 0 Å². The van der Waals surface area contributed by atoms with E-state index in [2.05, 4.69) is 218 Å². The molecule has 0 fully saturated rings. The van der Waals surface area contributed by atoms with Crippen LogP contribution in [0.3, 0.4) is 0 Å². The average Bonchev–Trinajstić information content (AvgIpc) is 3.29. The molecule has 12 rings (SSSR count). The molecule has 58 heavy (non-hydrogen) atoms. The van der Waals surface area contributed by atoms with Crippen LogP contribution in [-0.2, 0) is 0 Å². The highest BCUT2D eigenvalue weighted by Crippen LogP contribution is 2.50. The molecule has 0 heteroatoms. The molecule has 0 amide bonds. The molecule has 0 spiro atoms. The van der Waals surface area contributed by atoms with Crippen LogP contribution < -0.4 is 0 Å². The third-order valence-corrected chi connectivity index (χ3v) is 12.4. The molecular formula is C58H36. The van der Waals surface area contributed by atoms with Gasteiger partial charge < -0.3 is 0 Å². The first kappa shape index (κ1) is 32.7. The number of benzene rings is 12. The maximum absolute atomic E-state index is 2.33. The van der Waals surface area contributed by atoms with Crippen LogP contribution in [0.2, 0.25) is 0 Å². The van der Waals surface area contributed by atoms with Gasteiger partial charge >= 0.3 is 0 Å². The number of hydrogen-bond donors (Lipinski definition) is 0. The maximum Gasteiger partial charge on any atom is -0.00201 e. The van der Waals surface area contributed by atoms with Crippen LogP contribution in [0.15, 0.2) is 218 Å². The van der Waals surface area contributed by atoms with Gasteiger partial charge in [-0.15, -0.1) is 0 Å². The standard InChI is InChI=1S/C58H36/c1-3-21-39-37(17-1)19-13-33-43(39)55-47-23-5-9-27-51(47)57(52-28-10-6-24-48(52)55)45-35-15-32-42-41(45)31-16-36-46(42)58-53-29-11-7-25-49(53)56(50-26-8-12-30-54(50)58)44-34-14-20-38-18-2-4-22-40(38)44/h1-36H. The third kappa shape index (κ3) is 4.82. The summed E-state index contributed by atoms with van der Waals surface area (Å²) >= 11 is 0. The maximum atomic E-state index is 2.33. The third-order valence-electron chi connectivity index (χ3n) is 12.4. The Morgan fingerprint density at radius 3 is 0.621 bits per heavy atom. The van der Waals surface area contributed by atoms with Gasteiger partial charge in [0.05, 0.1) is 0 Å². The molecule has 0 aliphatic carbocycles. The zero-order valence-corrected chi connectivity index (χ0v) is 31.8. The van der Waals surface area contributed by atoms with E-state index in [9.17, 15) is 0 Å². The first-order valence-corrected chi connectivity index (χ1v) is 20.2. The van der Waals surface area contributed by atoms with E-state index in [4.69, 9.17) is 0 Å². The van der Waals surface area contributed by atoms with E-state index >= 15 is 0 Å². The molecule has 0 saturated carbocycles. The molecule has 0 aromatic heterocycles. The number of hydrogen-bond acceptors (Lipinski definition) is 0. The lowest BCUT2D eigenvalue weighted by molar-refractivity contribution is 1.67. The van der Waals surface area contributed by atoms with Gasteiger partial charge in [-0.05, 0) is 120 Å². The van der Waals surface area contributed by atoms with Crippen molar-refractivity contribution in [3.8, 4) is 44.5 Å². The Morgan fingerprint density at radius 2 is 0.328 bits per heavy atom. The molecule has 0 unspecified atom stereocenters. The zero-order chi connectivity index (χ0) is 38.2. The van der Waals surface area contributed by atoms with Crippen molar-refractivity contribution in [1.82, 2.24) is 0 Å². The van der Waals surface area contributed by atoms with Crippen LogP contribution in [-0.4, -0.2) is 0 Å². The lowest BCUT2D eigenvalue weighted by atomic mass is 9.82. The largest absolute Gasteiger partial charge is 0.0616 e. The molecule has 0 radical (unpaired) electrons. The van der Waals surface area contributed by atoms with E-state index in [1.165, 1.54) is 120 Å². The smallest absolute Gasteiger partial charge is 0.00201 e. The highest BCUT2D eigenvalue weighted by molar-refractivity contribution is 6.28. The Labute approximate surface area is 336 Å². The zero-order valence-electron chi connectivity index (χ0n) is 31.8. The summed E-state index contributed by atoms with van der Waals surface area (Å²) in [5, 5.41) is 17.7. The summed E-state index contributed by atoms with van der Waals surface area (Å²) in [5.74, 6) is 0. The van der Waals surface area contributed by atoms with Crippen LogP contribution >= 0.6 is 0 Å². The van der Waals surface area contributed by atoms with Crippen molar-refractivity contribution in [3.05, 3.63) is 218 Å². The van der Waals surface area contributed by atoms with Gasteiger partial charge in [0.15, 0.2) is 0 Å². The van der Waals surface area contributed by atoms with Crippen LogP contribution in [0, 0.1) is 0 Å². The van der Waals surface area contributed by atoms with Crippen LogP contribution in [0.1, 0.15) is 0 Å². The summed E-state index contributed by atoms with van der Waals surface area (Å²) in [7, 11) is 0. The molecule has 0 saturated heterocycles. The van der Waals surface area contributed by atoms with Crippen molar-refractivity contribution >= 4 is 75.4 Å². The molecule has 268 valence electrons. The molecular weight excluding hydrogens is 697 g/mol. The van der Waals surface area contributed by atoms with Crippen LogP contribution in [0.4, 0.5) is 0 Å². The summed E-state index contributed by atoms with van der Waals surface area (Å²) in [6.07, 6.45) is 0. The number of fused-ring (bicyclic) bond motifs is 7. The van der Waals surface area contributed by atoms with E-state index in [1.54, 1.807) is 0 Å². The molecule has 12 aromatic carbocycles. The van der Waals surface area contributed by atoms with E-state index in [0.29, 0.717) is 0 Å². The Balaban J connectivity index is 1.16. The quantitative estimate of drug-likeness (QED) is 0.158. The van der Waals surface area contributed by atoms with E-state index in [1.807, 2.05) is 0 Å². The van der Waals surface area contributed by atoms with E-state index in [-0.39, 0.29) is 0 Å². The van der Waals surface area contributed by atoms with Gasteiger partial charge in [0.1, 0.15) is 0 Å². The Morgan fingerprint density at radius 1 is 0.138 bits per heavy atom. The number of rotatable bonds is 4. The minimum Gasteiger partial charge on any atom is -0.0616 e. The second-order valence-corrected chi connectivity index (χ2v) is 15.4. The van der Waals surface area contributed by atoms with Crippen molar-refractivity contribution in [3.63, 3.8) is 0 Å². The van der Waals surface area contributed by atoms with Crippen molar-refractivity contribution < 1.29 is 0 Å². The Bertz CT molecular complexity index is 3260. The van der Waals surface area contributed by atoms with Gasteiger partial charge in [-0.2, -0.15) is 0 Å². The second kappa shape index (κ2) is 13.0. The Hall–Kier alpha value is -7.54. The molecule has 0 atom stereocenters. The molecule has 0 heterocycles. The predicted molar refractivity (Wildman–Crippen MR) is 251 cm³/mol. The fraction of sp³-hybridized carbons (Fsp3) is 0. The topological polar surface area (TPSA) is 0 Å². The van der Waals surface area contributed by atoms with Gasteiger partial charge in [0.25, 0.3) is 0 Å². The lowest BCUT2D eigenvalue weighted by Gasteiger charge is -2.21. The Kier molecular flexibility index (Phi) is 7.33. The fourth-order valence-corrected chi connectivity index (χ4v) is 10.1. The van der Waals surface area contributed by atoms with Gasteiger partial charge in [0.2, 0.25) is 0 Å². The fourth-order valence-electron chi connectivity index (χ4n) is 10.1. The minimum absolute atomic E-state index is 1.25. The summed E-state index contributed by atoms with van der Waals surface area (Å²) in [6, 6.07) is 80.8. The summed E-state index contributed by atoms with van der Waals surface area (Å²) in [5.41, 5.74) is 10.2. The first-order valence-electron chi connectivity index (χ1n) is 20.2. The van der Waals surface area contributed by atoms with Crippen LogP contribution in [0.25, 0.3) is 120 Å². The molecule has 0 aliphatic rings. The summed E-state index contributed by atoms with van der Waals surface area (Å²) < 4.78 is 0. The van der Waals surface area contributed by atoms with Gasteiger partial charge in [-0.25, -0.2) is 0 Å². The molecule has 0 bridgehead atoms.